The molecule has 1 amide bonds. The quantitative estimate of drug-likeness (QED) is 0.930. The van der Waals surface area contributed by atoms with Gasteiger partial charge < -0.3 is 15.0 Å². The fourth-order valence-corrected chi connectivity index (χ4v) is 2.29. The number of hydrogen-bond donors (Lipinski definition) is 1. The molecule has 1 aromatic rings. The summed E-state index contributed by atoms with van der Waals surface area (Å²) in [6.07, 6.45) is -0.575. The fourth-order valence-electron chi connectivity index (χ4n) is 1.96. The molecule has 104 valence electrons. The molecule has 1 unspecified atom stereocenters. The van der Waals surface area contributed by atoms with Gasteiger partial charge in [-0.25, -0.2) is 0 Å². The summed E-state index contributed by atoms with van der Waals surface area (Å²) in [5, 5.41) is 3.96. The van der Waals surface area contributed by atoms with Crippen LogP contribution in [0.3, 0.4) is 0 Å². The van der Waals surface area contributed by atoms with E-state index in [0.717, 1.165) is 13.1 Å². The lowest BCUT2D eigenvalue weighted by Gasteiger charge is -2.29. The zero-order chi connectivity index (χ0) is 13.8. The van der Waals surface area contributed by atoms with Gasteiger partial charge in [-0.15, -0.1) is 0 Å². The van der Waals surface area contributed by atoms with Gasteiger partial charge in [0.2, 0.25) is 0 Å². The Hall–Kier alpha value is -0.970. The molecule has 1 aliphatic rings. The number of amides is 1. The standard InChI is InChI=1S/C13H16Cl2N2O2/c1-9(13(18)17-7-5-16-6-8-17)19-11-4-2-3-10(14)12(11)15/h2-4,9,16H,5-8H2,1H3. The third-order valence-electron chi connectivity index (χ3n) is 3.00. The summed E-state index contributed by atoms with van der Waals surface area (Å²) < 4.78 is 5.61. The Morgan fingerprint density at radius 3 is 2.74 bits per heavy atom. The maximum absolute atomic E-state index is 12.2. The zero-order valence-corrected chi connectivity index (χ0v) is 12.2. The van der Waals surface area contributed by atoms with E-state index in [1.54, 1.807) is 30.0 Å². The summed E-state index contributed by atoms with van der Waals surface area (Å²) in [6, 6.07) is 5.13. The maximum atomic E-state index is 12.2. The predicted octanol–water partition coefficient (Wildman–Crippen LogP) is 2.19. The molecule has 6 heteroatoms. The maximum Gasteiger partial charge on any atom is 0.263 e. The molecule has 1 fully saturated rings. The molecular formula is C13H16Cl2N2O2. The van der Waals surface area contributed by atoms with Gasteiger partial charge in [0.15, 0.2) is 6.10 Å². The molecule has 1 aliphatic heterocycles. The Labute approximate surface area is 122 Å². The first-order chi connectivity index (χ1) is 9.09. The zero-order valence-electron chi connectivity index (χ0n) is 10.7. The first kappa shape index (κ1) is 14.4. The van der Waals surface area contributed by atoms with Crippen molar-refractivity contribution in [1.82, 2.24) is 10.2 Å². The summed E-state index contributed by atoms with van der Waals surface area (Å²) in [5.74, 6) is 0.405. The van der Waals surface area contributed by atoms with Crippen LogP contribution in [0.5, 0.6) is 5.75 Å². The van der Waals surface area contributed by atoms with Crippen molar-refractivity contribution in [2.24, 2.45) is 0 Å². The third kappa shape index (κ3) is 3.53. The molecule has 19 heavy (non-hydrogen) atoms. The molecule has 0 spiro atoms. The van der Waals surface area contributed by atoms with Crippen molar-refractivity contribution in [3.8, 4) is 5.75 Å². The fraction of sp³-hybridized carbons (Fsp3) is 0.462. The van der Waals surface area contributed by atoms with Crippen molar-refractivity contribution in [1.29, 1.82) is 0 Å². The lowest BCUT2D eigenvalue weighted by atomic mass is 10.2. The molecule has 0 aromatic heterocycles. The first-order valence-corrected chi connectivity index (χ1v) is 6.95. The van der Waals surface area contributed by atoms with Gasteiger partial charge in [-0.1, -0.05) is 29.3 Å². The number of piperazine rings is 1. The van der Waals surface area contributed by atoms with E-state index >= 15 is 0 Å². The highest BCUT2D eigenvalue weighted by Crippen LogP contribution is 2.32. The molecule has 0 radical (unpaired) electrons. The van der Waals surface area contributed by atoms with Crippen LogP contribution in [0, 0.1) is 0 Å². The second-order valence-corrected chi connectivity index (χ2v) is 5.17. The Kier molecular flexibility index (Phi) is 4.91. The van der Waals surface area contributed by atoms with Crippen molar-refractivity contribution < 1.29 is 9.53 Å². The Morgan fingerprint density at radius 2 is 2.05 bits per heavy atom. The van der Waals surface area contributed by atoms with Crippen LogP contribution in [0.15, 0.2) is 18.2 Å². The van der Waals surface area contributed by atoms with Crippen LogP contribution in [-0.2, 0) is 4.79 Å². The Morgan fingerprint density at radius 1 is 1.37 bits per heavy atom. The number of halogens is 2. The number of carbonyl (C=O) groups excluding carboxylic acids is 1. The highest BCUT2D eigenvalue weighted by molar-refractivity contribution is 6.42. The minimum absolute atomic E-state index is 0.0301. The van der Waals surface area contributed by atoms with Gasteiger partial charge in [0.05, 0.1) is 5.02 Å². The van der Waals surface area contributed by atoms with Crippen molar-refractivity contribution in [2.75, 3.05) is 26.2 Å². The van der Waals surface area contributed by atoms with Crippen LogP contribution in [0.2, 0.25) is 10.0 Å². The van der Waals surface area contributed by atoms with E-state index in [-0.39, 0.29) is 5.91 Å². The van der Waals surface area contributed by atoms with Gasteiger partial charge in [0.1, 0.15) is 10.8 Å². The van der Waals surface area contributed by atoms with E-state index in [1.807, 2.05) is 0 Å². The van der Waals surface area contributed by atoms with Crippen LogP contribution in [-0.4, -0.2) is 43.1 Å². The number of benzene rings is 1. The number of ether oxygens (including phenoxy) is 1. The average molecular weight is 303 g/mol. The molecule has 0 aliphatic carbocycles. The summed E-state index contributed by atoms with van der Waals surface area (Å²) in [6.45, 7) is 4.76. The van der Waals surface area contributed by atoms with E-state index < -0.39 is 6.10 Å². The molecule has 1 heterocycles. The molecule has 1 aromatic carbocycles. The average Bonchev–Trinajstić information content (AvgIpc) is 2.44. The van der Waals surface area contributed by atoms with Crippen LogP contribution < -0.4 is 10.1 Å². The number of carbonyl (C=O) groups is 1. The summed E-state index contributed by atoms with van der Waals surface area (Å²) in [7, 11) is 0. The number of nitrogens with one attached hydrogen (secondary N) is 1. The van der Waals surface area contributed by atoms with E-state index in [1.165, 1.54) is 0 Å². The molecule has 1 N–H and O–H groups in total. The van der Waals surface area contributed by atoms with Gasteiger partial charge >= 0.3 is 0 Å². The summed E-state index contributed by atoms with van der Waals surface area (Å²) in [4.78, 5) is 14.0. The molecule has 4 nitrogen and oxygen atoms in total. The number of hydrogen-bond acceptors (Lipinski definition) is 3. The van der Waals surface area contributed by atoms with Crippen molar-refractivity contribution >= 4 is 29.1 Å². The Balaban J connectivity index is 2.01. The first-order valence-electron chi connectivity index (χ1n) is 6.20. The van der Waals surface area contributed by atoms with Gasteiger partial charge in [-0.3, -0.25) is 4.79 Å². The smallest absolute Gasteiger partial charge is 0.263 e. The summed E-state index contributed by atoms with van der Waals surface area (Å²) >= 11 is 11.9. The lowest BCUT2D eigenvalue weighted by molar-refractivity contribution is -0.138. The van der Waals surface area contributed by atoms with Crippen LogP contribution in [0.25, 0.3) is 0 Å². The van der Waals surface area contributed by atoms with Gasteiger partial charge in [-0.2, -0.15) is 0 Å². The van der Waals surface area contributed by atoms with Gasteiger partial charge in [0.25, 0.3) is 5.91 Å². The van der Waals surface area contributed by atoms with Gasteiger partial charge in [0, 0.05) is 26.2 Å². The van der Waals surface area contributed by atoms with Crippen LogP contribution >= 0.6 is 23.2 Å². The molecule has 0 bridgehead atoms. The van der Waals surface area contributed by atoms with E-state index in [0.29, 0.717) is 28.9 Å². The normalized spacial score (nSPS) is 17.1. The molecular weight excluding hydrogens is 287 g/mol. The minimum Gasteiger partial charge on any atom is -0.479 e. The van der Waals surface area contributed by atoms with E-state index in [2.05, 4.69) is 5.32 Å². The SMILES string of the molecule is CC(Oc1cccc(Cl)c1Cl)C(=O)N1CCNCC1. The highest BCUT2D eigenvalue weighted by atomic mass is 35.5. The summed E-state index contributed by atoms with van der Waals surface area (Å²) in [5.41, 5.74) is 0. The lowest BCUT2D eigenvalue weighted by Crippen LogP contribution is -2.50. The molecule has 0 saturated carbocycles. The predicted molar refractivity (Wildman–Crippen MR) is 76.0 cm³/mol. The second kappa shape index (κ2) is 6.46. The highest BCUT2D eigenvalue weighted by Gasteiger charge is 2.24. The molecule has 2 rings (SSSR count). The number of rotatable bonds is 3. The van der Waals surface area contributed by atoms with Crippen LogP contribution in [0.4, 0.5) is 0 Å². The second-order valence-electron chi connectivity index (χ2n) is 4.39. The Bertz CT molecular complexity index is 462. The third-order valence-corrected chi connectivity index (χ3v) is 3.80. The van der Waals surface area contributed by atoms with Crippen molar-refractivity contribution in [2.45, 2.75) is 13.0 Å². The number of nitrogens with zero attached hydrogens (tertiary/aromatic N) is 1. The van der Waals surface area contributed by atoms with E-state index in [9.17, 15) is 4.79 Å². The monoisotopic (exact) mass is 302 g/mol. The van der Waals surface area contributed by atoms with Crippen molar-refractivity contribution in [3.63, 3.8) is 0 Å². The van der Waals surface area contributed by atoms with E-state index in [4.69, 9.17) is 27.9 Å². The largest absolute Gasteiger partial charge is 0.479 e. The van der Waals surface area contributed by atoms with Crippen molar-refractivity contribution in [3.05, 3.63) is 28.2 Å². The molecule has 1 atom stereocenters. The molecule has 1 saturated heterocycles. The van der Waals surface area contributed by atoms with Crippen LogP contribution in [0.1, 0.15) is 6.92 Å². The minimum atomic E-state index is -0.575. The van der Waals surface area contributed by atoms with Gasteiger partial charge in [-0.05, 0) is 19.1 Å². The topological polar surface area (TPSA) is 41.6 Å².